The van der Waals surface area contributed by atoms with Crippen molar-refractivity contribution in [2.75, 3.05) is 6.54 Å². The number of hydrogen-bond acceptors (Lipinski definition) is 3. The van der Waals surface area contributed by atoms with Crippen LogP contribution in [0.5, 0.6) is 0 Å². The first-order chi connectivity index (χ1) is 8.01. The van der Waals surface area contributed by atoms with Crippen LogP contribution in [0.3, 0.4) is 0 Å². The molecule has 1 saturated heterocycles. The molecule has 0 radical (unpaired) electrons. The number of nitrogens with zero attached hydrogens (tertiary/aromatic N) is 1. The van der Waals surface area contributed by atoms with Crippen LogP contribution in [0.1, 0.15) is 39.5 Å². The van der Waals surface area contributed by atoms with E-state index in [0.717, 1.165) is 0 Å². The number of ketones is 1. The van der Waals surface area contributed by atoms with Crippen LogP contribution >= 0.6 is 0 Å². The molecule has 0 saturated carbocycles. The molecule has 0 bridgehead atoms. The van der Waals surface area contributed by atoms with Gasteiger partial charge in [0.1, 0.15) is 6.04 Å². The predicted octanol–water partition coefficient (Wildman–Crippen LogP) is 1.07. The fourth-order valence-electron chi connectivity index (χ4n) is 2.19. The Hall–Kier alpha value is -1.39. The molecule has 0 aromatic carbocycles. The zero-order valence-electron chi connectivity index (χ0n) is 10.3. The van der Waals surface area contributed by atoms with Gasteiger partial charge in [-0.3, -0.25) is 9.59 Å². The number of hydrogen-bond donors (Lipinski definition) is 1. The fourth-order valence-corrected chi connectivity index (χ4v) is 2.19. The van der Waals surface area contributed by atoms with Crippen LogP contribution in [-0.4, -0.2) is 40.3 Å². The summed E-state index contributed by atoms with van der Waals surface area (Å²) in [5.74, 6) is -1.45. The van der Waals surface area contributed by atoms with Gasteiger partial charge in [-0.1, -0.05) is 13.8 Å². The summed E-state index contributed by atoms with van der Waals surface area (Å²) < 4.78 is 0. The number of piperidine rings is 1. The van der Waals surface area contributed by atoms with E-state index in [1.54, 1.807) is 0 Å². The van der Waals surface area contributed by atoms with Crippen molar-refractivity contribution in [2.24, 2.45) is 5.92 Å². The van der Waals surface area contributed by atoms with E-state index in [4.69, 9.17) is 5.11 Å². The largest absolute Gasteiger partial charge is 0.480 e. The molecule has 1 aliphatic heterocycles. The van der Waals surface area contributed by atoms with E-state index >= 15 is 0 Å². The fraction of sp³-hybridized carbons (Fsp3) is 0.750. The number of Topliss-reactive ketones (excluding diaryl/α,β-unsaturated/α-hetero) is 1. The Morgan fingerprint density at radius 3 is 2.47 bits per heavy atom. The Bertz CT molecular complexity index is 322. The summed E-state index contributed by atoms with van der Waals surface area (Å²) in [6, 6.07) is -0.833. The minimum Gasteiger partial charge on any atom is -0.480 e. The van der Waals surface area contributed by atoms with Gasteiger partial charge in [0.25, 0.3) is 0 Å². The molecule has 1 atom stereocenters. The van der Waals surface area contributed by atoms with E-state index in [2.05, 4.69) is 0 Å². The summed E-state index contributed by atoms with van der Waals surface area (Å²) in [5, 5.41) is 9.07. The maximum atomic E-state index is 12.1. The lowest BCUT2D eigenvalue weighted by Gasteiger charge is -2.34. The van der Waals surface area contributed by atoms with Crippen LogP contribution in [0.2, 0.25) is 0 Å². The second kappa shape index (κ2) is 5.80. The minimum atomic E-state index is -1.02. The molecular formula is C12H19NO4. The Morgan fingerprint density at radius 1 is 1.41 bits per heavy atom. The molecule has 0 aromatic heterocycles. The molecule has 5 nitrogen and oxygen atoms in total. The summed E-state index contributed by atoms with van der Waals surface area (Å²) in [4.78, 5) is 35.8. The Labute approximate surface area is 101 Å². The molecule has 0 aromatic rings. The van der Waals surface area contributed by atoms with Crippen LogP contribution < -0.4 is 0 Å². The first-order valence-electron chi connectivity index (χ1n) is 6.06. The number of rotatable bonds is 4. The van der Waals surface area contributed by atoms with Gasteiger partial charge in [0.15, 0.2) is 5.78 Å². The van der Waals surface area contributed by atoms with Gasteiger partial charge in [-0.05, 0) is 19.3 Å². The highest BCUT2D eigenvalue weighted by Crippen LogP contribution is 2.20. The summed E-state index contributed by atoms with van der Waals surface area (Å²) in [6.07, 6.45) is 1.84. The van der Waals surface area contributed by atoms with Crippen molar-refractivity contribution in [3.8, 4) is 0 Å². The molecule has 1 fully saturated rings. The van der Waals surface area contributed by atoms with E-state index in [0.29, 0.717) is 12.8 Å². The van der Waals surface area contributed by atoms with Gasteiger partial charge in [-0.25, -0.2) is 4.79 Å². The highest BCUT2D eigenvalue weighted by molar-refractivity contribution is 5.92. The zero-order chi connectivity index (χ0) is 13.0. The maximum absolute atomic E-state index is 12.1. The molecule has 1 N–H and O–H groups in total. The first-order valence-corrected chi connectivity index (χ1v) is 6.06. The van der Waals surface area contributed by atoms with E-state index in [9.17, 15) is 14.4 Å². The second-order valence-electron chi connectivity index (χ2n) is 4.41. The highest BCUT2D eigenvalue weighted by Gasteiger charge is 2.36. The molecule has 96 valence electrons. The Morgan fingerprint density at radius 2 is 2.00 bits per heavy atom. The number of carbonyl (C=O) groups excluding carboxylic acids is 2. The van der Waals surface area contributed by atoms with Gasteiger partial charge in [-0.15, -0.1) is 0 Å². The Balaban J connectivity index is 2.85. The molecule has 1 unspecified atom stereocenters. The summed E-state index contributed by atoms with van der Waals surface area (Å²) >= 11 is 0. The van der Waals surface area contributed by atoms with Gasteiger partial charge >= 0.3 is 5.97 Å². The monoisotopic (exact) mass is 241 g/mol. The zero-order valence-corrected chi connectivity index (χ0v) is 10.3. The smallest absolute Gasteiger partial charge is 0.326 e. The quantitative estimate of drug-likeness (QED) is 0.798. The second-order valence-corrected chi connectivity index (χ2v) is 4.41. The molecule has 1 amide bonds. The average molecular weight is 241 g/mol. The van der Waals surface area contributed by atoms with E-state index < -0.39 is 12.0 Å². The standard InChI is InChI=1S/C12H19NO4/c1-3-8(4-2)11(15)13-7-9(14)5-6-10(13)12(16)17/h8,10H,3-7H2,1-2H3,(H,16,17). The molecule has 1 heterocycles. The van der Waals surface area contributed by atoms with E-state index in [1.807, 2.05) is 13.8 Å². The summed E-state index contributed by atoms with van der Waals surface area (Å²) in [5.41, 5.74) is 0. The van der Waals surface area contributed by atoms with Crippen molar-refractivity contribution in [1.82, 2.24) is 4.90 Å². The minimum absolute atomic E-state index is 0.0493. The topological polar surface area (TPSA) is 74.7 Å². The lowest BCUT2D eigenvalue weighted by atomic mass is 9.96. The van der Waals surface area contributed by atoms with Crippen molar-refractivity contribution in [2.45, 2.75) is 45.6 Å². The van der Waals surface area contributed by atoms with E-state index in [1.165, 1.54) is 4.90 Å². The third-order valence-electron chi connectivity index (χ3n) is 3.32. The normalized spacial score (nSPS) is 20.8. The maximum Gasteiger partial charge on any atom is 0.326 e. The summed E-state index contributed by atoms with van der Waals surface area (Å²) in [6.45, 7) is 3.74. The van der Waals surface area contributed by atoms with Gasteiger partial charge in [-0.2, -0.15) is 0 Å². The van der Waals surface area contributed by atoms with E-state index in [-0.39, 0.29) is 37.0 Å². The Kier molecular flexibility index (Phi) is 4.66. The van der Waals surface area contributed by atoms with Crippen LogP contribution in [-0.2, 0) is 14.4 Å². The molecule has 1 rings (SSSR count). The molecule has 17 heavy (non-hydrogen) atoms. The third-order valence-corrected chi connectivity index (χ3v) is 3.32. The lowest BCUT2D eigenvalue weighted by molar-refractivity contribution is -0.156. The van der Waals surface area contributed by atoms with Crippen LogP contribution in [0.25, 0.3) is 0 Å². The van der Waals surface area contributed by atoms with Crippen molar-refractivity contribution in [1.29, 1.82) is 0 Å². The van der Waals surface area contributed by atoms with Gasteiger partial charge < -0.3 is 10.0 Å². The van der Waals surface area contributed by atoms with Crippen LogP contribution in [0.4, 0.5) is 0 Å². The first kappa shape index (κ1) is 13.7. The number of carboxylic acid groups (broad SMARTS) is 1. The van der Waals surface area contributed by atoms with Crippen LogP contribution in [0.15, 0.2) is 0 Å². The molecule has 0 aliphatic carbocycles. The van der Waals surface area contributed by atoms with Crippen molar-refractivity contribution in [3.05, 3.63) is 0 Å². The van der Waals surface area contributed by atoms with Gasteiger partial charge in [0.2, 0.25) is 5.91 Å². The van der Waals surface area contributed by atoms with Crippen molar-refractivity contribution in [3.63, 3.8) is 0 Å². The van der Waals surface area contributed by atoms with Crippen molar-refractivity contribution >= 4 is 17.7 Å². The third kappa shape index (κ3) is 3.05. The van der Waals surface area contributed by atoms with Gasteiger partial charge in [0, 0.05) is 12.3 Å². The molecule has 1 aliphatic rings. The number of carboxylic acids is 1. The predicted molar refractivity (Wildman–Crippen MR) is 61.4 cm³/mol. The highest BCUT2D eigenvalue weighted by atomic mass is 16.4. The average Bonchev–Trinajstić information content (AvgIpc) is 2.29. The number of likely N-dealkylation sites (tertiary alicyclic amines) is 1. The molecular weight excluding hydrogens is 222 g/mol. The number of amides is 1. The summed E-state index contributed by atoms with van der Waals surface area (Å²) in [7, 11) is 0. The molecule has 0 spiro atoms. The SMILES string of the molecule is CCC(CC)C(=O)N1CC(=O)CCC1C(=O)O. The van der Waals surface area contributed by atoms with Crippen molar-refractivity contribution < 1.29 is 19.5 Å². The van der Waals surface area contributed by atoms with Gasteiger partial charge in [0.05, 0.1) is 6.54 Å². The number of aliphatic carboxylic acids is 1. The lowest BCUT2D eigenvalue weighted by Crippen LogP contribution is -2.52. The van der Waals surface area contributed by atoms with Crippen LogP contribution in [0, 0.1) is 5.92 Å². The number of carbonyl (C=O) groups is 3. The molecule has 5 heteroatoms.